The summed E-state index contributed by atoms with van der Waals surface area (Å²) < 4.78 is 32.6. The molecule has 0 heterocycles. The molecule has 0 spiro atoms. The Hall–Kier alpha value is -2.56. The smallest absolute Gasteiger partial charge is 0.208 e. The molecule has 2 aromatic carbocycles. The van der Waals surface area contributed by atoms with Crippen molar-refractivity contribution in [1.82, 2.24) is 0 Å². The average molecular weight is 527 g/mol. The molecule has 0 atom stereocenters. The quantitative estimate of drug-likeness (QED) is 0.199. The van der Waals surface area contributed by atoms with Crippen molar-refractivity contribution in [3.63, 3.8) is 0 Å². The number of hydrogen-bond donors (Lipinski definition) is 0. The minimum atomic E-state index is 0.344. The molecule has 38 heavy (non-hydrogen) atoms. The molecule has 0 N–H and O–H groups in total. The van der Waals surface area contributed by atoms with Crippen LogP contribution in [0.25, 0.3) is 11.1 Å². The Morgan fingerprint density at radius 3 is 1.42 bits per heavy atom. The molecule has 0 bridgehead atoms. The normalized spacial score (nSPS) is 12.5. The molecule has 0 amide bonds. The molecule has 0 unspecified atom stereocenters. The lowest BCUT2D eigenvalue weighted by molar-refractivity contribution is 0.193. The molecule has 5 nitrogen and oxygen atoms in total. The molecule has 1 aliphatic carbocycles. The third-order valence-corrected chi connectivity index (χ3v) is 5.97. The lowest BCUT2D eigenvalue weighted by Crippen LogP contribution is -2.15. The predicted molar refractivity (Wildman–Crippen MR) is 156 cm³/mol. The molecule has 0 saturated heterocycles. The van der Waals surface area contributed by atoms with E-state index in [4.69, 9.17) is 23.7 Å². The number of rotatable bonds is 15. The Bertz CT molecular complexity index is 1050. The van der Waals surface area contributed by atoms with E-state index in [1.54, 1.807) is 0 Å². The summed E-state index contributed by atoms with van der Waals surface area (Å²) >= 11 is 0. The first kappa shape index (κ1) is 30.0. The van der Waals surface area contributed by atoms with Gasteiger partial charge in [0.15, 0.2) is 11.5 Å². The van der Waals surface area contributed by atoms with E-state index in [0.717, 1.165) is 40.4 Å². The van der Waals surface area contributed by atoms with Gasteiger partial charge in [-0.05, 0) is 41.2 Å². The Morgan fingerprint density at radius 1 is 0.500 bits per heavy atom. The van der Waals surface area contributed by atoms with Crippen LogP contribution in [0.5, 0.6) is 28.7 Å². The van der Waals surface area contributed by atoms with Gasteiger partial charge >= 0.3 is 0 Å². The van der Waals surface area contributed by atoms with E-state index in [9.17, 15) is 0 Å². The number of hydrogen-bond acceptors (Lipinski definition) is 5. The molecule has 2 aromatic rings. The number of benzene rings is 2. The summed E-state index contributed by atoms with van der Waals surface area (Å²) in [6, 6.07) is 6.32. The molecule has 5 heteroatoms. The van der Waals surface area contributed by atoms with Gasteiger partial charge in [-0.15, -0.1) is 0 Å². The maximum atomic E-state index is 6.62. The number of ether oxygens (including phenoxy) is 5. The molecule has 0 saturated carbocycles. The molecule has 0 fully saturated rings. The van der Waals surface area contributed by atoms with E-state index in [-0.39, 0.29) is 0 Å². The van der Waals surface area contributed by atoms with Crippen molar-refractivity contribution in [1.29, 1.82) is 0 Å². The van der Waals surface area contributed by atoms with Crippen LogP contribution in [-0.4, -0.2) is 33.0 Å². The van der Waals surface area contributed by atoms with Crippen LogP contribution in [0.1, 0.15) is 80.4 Å². The molecule has 212 valence electrons. The number of fused-ring (bicyclic) bond motifs is 3. The molecule has 0 aromatic heterocycles. The standard InChI is InChI=1S/C33H50O5/c1-20(2)15-34-27-13-11-12-25-14-26-29(28(25)27)31(36-17-22(5)6)33(38-19-24(9)10)32(37-18-23(7)8)30(26)35-16-21(3)4/h11-13,20-24H,14-19H2,1-10H3. The molecule has 3 rings (SSSR count). The van der Waals surface area contributed by atoms with Gasteiger partial charge in [-0.2, -0.15) is 0 Å². The largest absolute Gasteiger partial charge is 0.493 e. The van der Waals surface area contributed by atoms with Gasteiger partial charge in [0.2, 0.25) is 11.5 Å². The summed E-state index contributed by atoms with van der Waals surface area (Å²) in [7, 11) is 0. The first-order chi connectivity index (χ1) is 18.0. The van der Waals surface area contributed by atoms with Gasteiger partial charge in [-0.3, -0.25) is 0 Å². The Kier molecular flexibility index (Phi) is 10.6. The second kappa shape index (κ2) is 13.5. The van der Waals surface area contributed by atoms with Gasteiger partial charge in [0, 0.05) is 23.1 Å². The van der Waals surface area contributed by atoms with Crippen LogP contribution in [0.15, 0.2) is 18.2 Å². The van der Waals surface area contributed by atoms with Gasteiger partial charge in [0.1, 0.15) is 5.75 Å². The maximum absolute atomic E-state index is 6.62. The van der Waals surface area contributed by atoms with Crippen LogP contribution in [0.3, 0.4) is 0 Å². The molecule has 0 aliphatic heterocycles. The lowest BCUT2D eigenvalue weighted by atomic mass is 10.0. The van der Waals surface area contributed by atoms with Crippen molar-refractivity contribution in [3.05, 3.63) is 29.3 Å². The summed E-state index contributed by atoms with van der Waals surface area (Å²) in [5.41, 5.74) is 4.41. The van der Waals surface area contributed by atoms with Crippen molar-refractivity contribution in [2.45, 2.75) is 75.7 Å². The van der Waals surface area contributed by atoms with E-state index in [0.29, 0.717) is 74.1 Å². The highest BCUT2D eigenvalue weighted by atomic mass is 16.6. The monoisotopic (exact) mass is 526 g/mol. The van der Waals surface area contributed by atoms with Crippen LogP contribution in [-0.2, 0) is 6.42 Å². The highest BCUT2D eigenvalue weighted by molar-refractivity contribution is 5.92. The van der Waals surface area contributed by atoms with Crippen LogP contribution in [0, 0.1) is 29.6 Å². The SMILES string of the molecule is CC(C)COc1cccc2c1-c1c(c(OCC(C)C)c(OCC(C)C)c(OCC(C)C)c1OCC(C)C)C2. The second-order valence-electron chi connectivity index (χ2n) is 12.7. The summed E-state index contributed by atoms with van der Waals surface area (Å²) in [4.78, 5) is 0. The fraction of sp³-hybridized carbons (Fsp3) is 0.636. The van der Waals surface area contributed by atoms with Crippen molar-refractivity contribution in [2.75, 3.05) is 33.0 Å². The van der Waals surface area contributed by atoms with Crippen LogP contribution in [0.2, 0.25) is 0 Å². The van der Waals surface area contributed by atoms with Crippen LogP contribution >= 0.6 is 0 Å². The molecular weight excluding hydrogens is 476 g/mol. The third-order valence-electron chi connectivity index (χ3n) is 5.97. The van der Waals surface area contributed by atoms with E-state index in [2.05, 4.69) is 87.4 Å². The van der Waals surface area contributed by atoms with Gasteiger partial charge in [0.25, 0.3) is 0 Å². The second-order valence-corrected chi connectivity index (χ2v) is 12.7. The van der Waals surface area contributed by atoms with E-state index in [1.807, 2.05) is 0 Å². The van der Waals surface area contributed by atoms with Gasteiger partial charge in [0.05, 0.1) is 33.0 Å². The van der Waals surface area contributed by atoms with E-state index < -0.39 is 0 Å². The minimum Gasteiger partial charge on any atom is -0.493 e. The first-order valence-corrected chi connectivity index (χ1v) is 14.5. The summed E-state index contributed by atoms with van der Waals surface area (Å²) in [6.07, 6.45) is 0.734. The highest BCUT2D eigenvalue weighted by Crippen LogP contribution is 2.59. The summed E-state index contributed by atoms with van der Waals surface area (Å²) in [6.45, 7) is 24.5. The van der Waals surface area contributed by atoms with Crippen molar-refractivity contribution >= 4 is 0 Å². The van der Waals surface area contributed by atoms with E-state index in [1.165, 1.54) is 5.56 Å². The minimum absolute atomic E-state index is 0.344. The fourth-order valence-corrected chi connectivity index (χ4v) is 4.27. The molecule has 1 aliphatic rings. The van der Waals surface area contributed by atoms with Crippen molar-refractivity contribution in [2.24, 2.45) is 29.6 Å². The Morgan fingerprint density at radius 2 is 0.921 bits per heavy atom. The Labute approximate surface area is 231 Å². The molecule has 0 radical (unpaired) electrons. The first-order valence-electron chi connectivity index (χ1n) is 14.5. The van der Waals surface area contributed by atoms with Crippen LogP contribution in [0.4, 0.5) is 0 Å². The van der Waals surface area contributed by atoms with Crippen molar-refractivity contribution < 1.29 is 23.7 Å². The van der Waals surface area contributed by atoms with Gasteiger partial charge in [-0.25, -0.2) is 0 Å². The zero-order valence-electron chi connectivity index (χ0n) is 25.4. The van der Waals surface area contributed by atoms with Gasteiger partial charge < -0.3 is 23.7 Å². The fourth-order valence-electron chi connectivity index (χ4n) is 4.27. The third kappa shape index (κ3) is 7.51. The zero-order chi connectivity index (χ0) is 28.0. The maximum Gasteiger partial charge on any atom is 0.208 e. The topological polar surface area (TPSA) is 46.2 Å². The summed E-state index contributed by atoms with van der Waals surface area (Å²) in [5.74, 6) is 5.54. The average Bonchev–Trinajstić information content (AvgIpc) is 3.22. The zero-order valence-corrected chi connectivity index (χ0v) is 25.4. The van der Waals surface area contributed by atoms with Gasteiger partial charge in [-0.1, -0.05) is 81.4 Å². The van der Waals surface area contributed by atoms with Crippen molar-refractivity contribution in [3.8, 4) is 39.9 Å². The predicted octanol–water partition coefficient (Wildman–Crippen LogP) is 8.43. The van der Waals surface area contributed by atoms with Crippen LogP contribution < -0.4 is 23.7 Å². The highest BCUT2D eigenvalue weighted by Gasteiger charge is 2.36. The molecular formula is C33H50O5. The summed E-state index contributed by atoms with van der Waals surface area (Å²) in [5, 5.41) is 0. The Balaban J connectivity index is 2.32. The van der Waals surface area contributed by atoms with E-state index >= 15 is 0 Å². The lowest BCUT2D eigenvalue weighted by Gasteiger charge is -2.26.